The number of benzene rings is 1. The van der Waals surface area contributed by atoms with Gasteiger partial charge in [0.25, 0.3) is 0 Å². The number of nitro benzene ring substituents is 1. The van der Waals surface area contributed by atoms with E-state index in [1.165, 1.54) is 18.5 Å². The van der Waals surface area contributed by atoms with E-state index >= 15 is 0 Å². The second-order valence-corrected chi connectivity index (χ2v) is 4.51. The van der Waals surface area contributed by atoms with Crippen LogP contribution >= 0.6 is 15.9 Å². The molecule has 0 unspecified atom stereocenters. The van der Waals surface area contributed by atoms with Gasteiger partial charge >= 0.3 is 11.7 Å². The van der Waals surface area contributed by atoms with E-state index in [9.17, 15) is 14.9 Å². The molecule has 1 aromatic heterocycles. The van der Waals surface area contributed by atoms with Gasteiger partial charge in [0.2, 0.25) is 5.75 Å². The van der Waals surface area contributed by atoms with Crippen molar-refractivity contribution < 1.29 is 19.6 Å². The fraction of sp³-hybridized carbons (Fsp3) is 0. The molecule has 7 nitrogen and oxygen atoms in total. The van der Waals surface area contributed by atoms with Crippen LogP contribution in [0.4, 0.5) is 5.69 Å². The predicted molar refractivity (Wildman–Crippen MR) is 72.1 cm³/mol. The molecule has 0 saturated carbocycles. The standard InChI is InChI=1S/C12H7BrN2O5/c13-8-6-14-4-3-10(8)20-11-5-7(12(16)17)1-2-9(11)15(18)19/h1-6H,(H,16,17). The van der Waals surface area contributed by atoms with Gasteiger partial charge in [-0.15, -0.1) is 0 Å². The molecule has 0 amide bonds. The number of carbonyl (C=O) groups is 1. The quantitative estimate of drug-likeness (QED) is 0.678. The van der Waals surface area contributed by atoms with Crippen molar-refractivity contribution in [2.24, 2.45) is 0 Å². The van der Waals surface area contributed by atoms with Crippen LogP contribution in [-0.4, -0.2) is 21.0 Å². The minimum absolute atomic E-state index is 0.101. The van der Waals surface area contributed by atoms with E-state index in [-0.39, 0.29) is 17.0 Å². The smallest absolute Gasteiger partial charge is 0.335 e. The molecule has 2 rings (SSSR count). The van der Waals surface area contributed by atoms with Crippen LogP contribution in [0.1, 0.15) is 10.4 Å². The minimum atomic E-state index is -1.20. The van der Waals surface area contributed by atoms with E-state index in [0.717, 1.165) is 18.2 Å². The molecule has 0 saturated heterocycles. The number of halogens is 1. The molecule has 0 radical (unpaired) electrons. The van der Waals surface area contributed by atoms with Gasteiger partial charge in [-0.25, -0.2) is 4.79 Å². The van der Waals surface area contributed by atoms with Gasteiger partial charge in [-0.1, -0.05) is 0 Å². The Morgan fingerprint density at radius 1 is 1.35 bits per heavy atom. The van der Waals surface area contributed by atoms with E-state index in [1.54, 1.807) is 0 Å². The Morgan fingerprint density at radius 3 is 2.70 bits per heavy atom. The number of aromatic nitrogens is 1. The van der Waals surface area contributed by atoms with Crippen molar-refractivity contribution in [1.82, 2.24) is 4.98 Å². The van der Waals surface area contributed by atoms with Crippen LogP contribution in [0.3, 0.4) is 0 Å². The molecule has 0 bridgehead atoms. The number of pyridine rings is 1. The van der Waals surface area contributed by atoms with Gasteiger partial charge in [0.1, 0.15) is 5.75 Å². The maximum atomic E-state index is 10.9. The van der Waals surface area contributed by atoms with E-state index < -0.39 is 10.9 Å². The molecule has 8 heteroatoms. The first kappa shape index (κ1) is 13.9. The van der Waals surface area contributed by atoms with E-state index in [0.29, 0.717) is 10.2 Å². The summed E-state index contributed by atoms with van der Waals surface area (Å²) in [4.78, 5) is 25.0. The van der Waals surface area contributed by atoms with Crippen molar-refractivity contribution in [3.63, 3.8) is 0 Å². The zero-order valence-electron chi connectivity index (χ0n) is 9.82. The monoisotopic (exact) mass is 338 g/mol. The number of rotatable bonds is 4. The molecule has 0 aliphatic carbocycles. The van der Waals surface area contributed by atoms with Gasteiger partial charge in [0, 0.05) is 30.6 Å². The first-order chi connectivity index (χ1) is 9.49. The van der Waals surface area contributed by atoms with Gasteiger partial charge in [-0.2, -0.15) is 0 Å². The van der Waals surface area contributed by atoms with Crippen LogP contribution in [0.5, 0.6) is 11.5 Å². The highest BCUT2D eigenvalue weighted by Gasteiger charge is 2.19. The first-order valence-electron chi connectivity index (χ1n) is 5.28. The number of hydrogen-bond donors (Lipinski definition) is 1. The summed E-state index contributed by atoms with van der Waals surface area (Å²) in [5.41, 5.74) is -0.422. The summed E-state index contributed by atoms with van der Waals surface area (Å²) in [7, 11) is 0. The summed E-state index contributed by atoms with van der Waals surface area (Å²) in [6.45, 7) is 0. The molecule has 1 aromatic carbocycles. The lowest BCUT2D eigenvalue weighted by molar-refractivity contribution is -0.385. The fourth-order valence-electron chi connectivity index (χ4n) is 1.44. The van der Waals surface area contributed by atoms with Gasteiger partial charge in [-0.3, -0.25) is 15.1 Å². The molecule has 2 aromatic rings. The Bertz CT molecular complexity index is 689. The van der Waals surface area contributed by atoms with Crippen molar-refractivity contribution >= 4 is 27.6 Å². The van der Waals surface area contributed by atoms with Crippen molar-refractivity contribution in [2.75, 3.05) is 0 Å². The Balaban J connectivity index is 2.48. The van der Waals surface area contributed by atoms with Crippen LogP contribution in [0.2, 0.25) is 0 Å². The maximum Gasteiger partial charge on any atom is 0.335 e. The molecule has 0 spiro atoms. The summed E-state index contributed by atoms with van der Waals surface area (Å²) < 4.78 is 5.90. The molecule has 0 aliphatic heterocycles. The predicted octanol–water partition coefficient (Wildman–Crippen LogP) is 3.24. The van der Waals surface area contributed by atoms with E-state index in [2.05, 4.69) is 20.9 Å². The average molecular weight is 339 g/mol. The third-order valence-corrected chi connectivity index (χ3v) is 2.95. The highest BCUT2D eigenvalue weighted by atomic mass is 79.9. The van der Waals surface area contributed by atoms with Crippen LogP contribution in [0.25, 0.3) is 0 Å². The van der Waals surface area contributed by atoms with Gasteiger partial charge in [-0.05, 0) is 22.0 Å². The average Bonchev–Trinajstić information content (AvgIpc) is 2.41. The lowest BCUT2D eigenvalue weighted by Gasteiger charge is -2.08. The Labute approximate surface area is 121 Å². The molecule has 20 heavy (non-hydrogen) atoms. The molecule has 0 fully saturated rings. The summed E-state index contributed by atoms with van der Waals surface area (Å²) in [5, 5.41) is 19.8. The molecule has 0 atom stereocenters. The normalized spacial score (nSPS) is 10.1. The van der Waals surface area contributed by atoms with Crippen molar-refractivity contribution in [1.29, 1.82) is 0 Å². The second kappa shape index (κ2) is 5.66. The zero-order valence-corrected chi connectivity index (χ0v) is 11.4. The first-order valence-corrected chi connectivity index (χ1v) is 6.07. The Kier molecular flexibility index (Phi) is 3.94. The number of ether oxygens (including phenoxy) is 1. The molecular formula is C12H7BrN2O5. The minimum Gasteiger partial charge on any atom is -0.478 e. The van der Waals surface area contributed by atoms with Crippen LogP contribution in [0, 0.1) is 10.1 Å². The second-order valence-electron chi connectivity index (χ2n) is 3.65. The number of aromatic carboxylic acids is 1. The van der Waals surface area contributed by atoms with Crippen molar-refractivity contribution in [3.05, 3.63) is 56.8 Å². The molecule has 0 aliphatic rings. The van der Waals surface area contributed by atoms with Gasteiger partial charge < -0.3 is 9.84 Å². The number of carboxylic acids is 1. The summed E-state index contributed by atoms with van der Waals surface area (Å²) in [5.74, 6) is -1.05. The molecular weight excluding hydrogens is 332 g/mol. The summed E-state index contributed by atoms with van der Waals surface area (Å²) in [6, 6.07) is 4.84. The van der Waals surface area contributed by atoms with E-state index in [4.69, 9.17) is 9.84 Å². The summed E-state index contributed by atoms with van der Waals surface area (Å²) >= 11 is 3.19. The third kappa shape index (κ3) is 2.91. The lowest BCUT2D eigenvalue weighted by atomic mass is 10.2. The molecule has 102 valence electrons. The zero-order chi connectivity index (χ0) is 14.7. The Morgan fingerprint density at radius 2 is 2.10 bits per heavy atom. The fourth-order valence-corrected chi connectivity index (χ4v) is 1.77. The van der Waals surface area contributed by atoms with Crippen LogP contribution < -0.4 is 4.74 Å². The van der Waals surface area contributed by atoms with Crippen molar-refractivity contribution in [3.8, 4) is 11.5 Å². The molecule has 1 N–H and O–H groups in total. The SMILES string of the molecule is O=C(O)c1ccc([N+](=O)[O-])c(Oc2ccncc2Br)c1. The van der Waals surface area contributed by atoms with Crippen LogP contribution in [-0.2, 0) is 0 Å². The van der Waals surface area contributed by atoms with E-state index in [1.807, 2.05) is 0 Å². The van der Waals surface area contributed by atoms with Crippen LogP contribution in [0.15, 0.2) is 41.1 Å². The third-order valence-electron chi connectivity index (χ3n) is 2.36. The van der Waals surface area contributed by atoms with Crippen molar-refractivity contribution in [2.45, 2.75) is 0 Å². The topological polar surface area (TPSA) is 103 Å². The number of nitro groups is 1. The number of nitrogens with zero attached hydrogens (tertiary/aromatic N) is 2. The highest BCUT2D eigenvalue weighted by molar-refractivity contribution is 9.10. The highest BCUT2D eigenvalue weighted by Crippen LogP contribution is 2.35. The number of hydrogen-bond acceptors (Lipinski definition) is 5. The van der Waals surface area contributed by atoms with Gasteiger partial charge in [0.05, 0.1) is 15.0 Å². The molecule has 1 heterocycles. The Hall–Kier alpha value is -2.48. The van der Waals surface area contributed by atoms with Gasteiger partial charge in [0.15, 0.2) is 0 Å². The summed E-state index contributed by atoms with van der Waals surface area (Å²) in [6.07, 6.45) is 2.91. The number of carboxylic acid groups (broad SMARTS) is 1. The maximum absolute atomic E-state index is 10.9. The largest absolute Gasteiger partial charge is 0.478 e. The lowest BCUT2D eigenvalue weighted by Crippen LogP contribution is -2.00.